The number of hydrogen-bond acceptors (Lipinski definition) is 3. The van der Waals surface area contributed by atoms with E-state index in [1.807, 2.05) is 0 Å². The summed E-state index contributed by atoms with van der Waals surface area (Å²) in [5.74, 6) is 0.468. The zero-order valence-corrected chi connectivity index (χ0v) is 6.96. The molecule has 0 amide bonds. The number of aliphatic imine (C=N–C) groups is 1. The summed E-state index contributed by atoms with van der Waals surface area (Å²) in [6, 6.07) is 0. The molecule has 0 aliphatic heterocycles. The largest absolute Gasteiger partial charge is 0.394 e. The van der Waals surface area contributed by atoms with Crippen LogP contribution in [0.25, 0.3) is 0 Å². The highest BCUT2D eigenvalue weighted by Crippen LogP contribution is 1.59. The van der Waals surface area contributed by atoms with Gasteiger partial charge in [0.1, 0.15) is 0 Å². The number of guanidine groups is 1. The second-order valence-electron chi connectivity index (χ2n) is 1.31. The van der Waals surface area contributed by atoms with E-state index in [2.05, 4.69) is 10.3 Å². The molecule has 8 heteroatoms. The van der Waals surface area contributed by atoms with Crippen molar-refractivity contribution in [2.45, 2.75) is 0 Å². The molecule has 0 radical (unpaired) electrons. The highest BCUT2D eigenvalue weighted by Gasteiger charge is 1.84. The Morgan fingerprint density at radius 1 is 1.55 bits per heavy atom. The van der Waals surface area contributed by atoms with Crippen LogP contribution >= 0.6 is 0 Å². The Labute approximate surface area is 64.9 Å². The highest BCUT2D eigenvalue weighted by molar-refractivity contribution is 7.79. The molecule has 0 aliphatic rings. The molecule has 0 saturated carbocycles. The summed E-state index contributed by atoms with van der Waals surface area (Å²) in [4.78, 5) is 3.59. The fourth-order valence-corrected chi connectivity index (χ4v) is 0.112. The Hall–Kier alpha value is -0.860. The standard InChI is InChI=1S/C3H9N3.H2O4S/c1-5-3(4)6-2;1-5(2,3)4/h1-2H3,(H3,4,5,6);(H2,1,2,3,4). The van der Waals surface area contributed by atoms with Gasteiger partial charge in [-0.05, 0) is 0 Å². The average molecular weight is 185 g/mol. The van der Waals surface area contributed by atoms with Gasteiger partial charge in [0.2, 0.25) is 0 Å². The Kier molecular flexibility index (Phi) is 6.85. The lowest BCUT2D eigenvalue weighted by atomic mass is 11.0. The molecule has 68 valence electrons. The number of nitrogens with two attached hydrogens (primary N) is 1. The monoisotopic (exact) mass is 185 g/mol. The Bertz CT molecular complexity index is 201. The lowest BCUT2D eigenvalue weighted by Gasteiger charge is -1.90. The smallest absolute Gasteiger partial charge is 0.370 e. The molecule has 0 aromatic carbocycles. The van der Waals surface area contributed by atoms with Crippen LogP contribution in [-0.4, -0.2) is 37.6 Å². The van der Waals surface area contributed by atoms with Crippen LogP contribution in [0.4, 0.5) is 0 Å². The van der Waals surface area contributed by atoms with E-state index in [0.717, 1.165) is 0 Å². The first kappa shape index (κ1) is 12.8. The fraction of sp³-hybridized carbons (Fsp3) is 0.667. The Morgan fingerprint density at radius 3 is 1.82 bits per heavy atom. The molecule has 0 heterocycles. The van der Waals surface area contributed by atoms with Crippen LogP contribution in [0.5, 0.6) is 0 Å². The van der Waals surface area contributed by atoms with Crippen molar-refractivity contribution in [2.24, 2.45) is 10.7 Å². The molecule has 0 aromatic heterocycles. The number of hydrogen-bond donors (Lipinski definition) is 4. The molecule has 0 saturated heterocycles. The van der Waals surface area contributed by atoms with Gasteiger partial charge < -0.3 is 11.1 Å². The van der Waals surface area contributed by atoms with Gasteiger partial charge in [-0.2, -0.15) is 8.42 Å². The predicted octanol–water partition coefficient (Wildman–Crippen LogP) is -1.50. The number of rotatable bonds is 0. The van der Waals surface area contributed by atoms with E-state index >= 15 is 0 Å². The van der Waals surface area contributed by atoms with Crippen LogP contribution in [0.2, 0.25) is 0 Å². The van der Waals surface area contributed by atoms with Gasteiger partial charge in [0.25, 0.3) is 0 Å². The average Bonchev–Trinajstić information content (AvgIpc) is 1.83. The minimum atomic E-state index is -4.67. The molecule has 0 aliphatic carbocycles. The molecule has 5 N–H and O–H groups in total. The number of nitrogens with one attached hydrogen (secondary N) is 1. The summed E-state index contributed by atoms with van der Waals surface area (Å²) in [5, 5.41) is 2.64. The first-order valence-electron chi connectivity index (χ1n) is 2.41. The predicted molar refractivity (Wildman–Crippen MR) is 40.8 cm³/mol. The maximum Gasteiger partial charge on any atom is 0.394 e. The van der Waals surface area contributed by atoms with Crippen LogP contribution in [0.1, 0.15) is 0 Å². The van der Waals surface area contributed by atoms with Crippen LogP contribution in [-0.2, 0) is 10.4 Å². The lowest BCUT2D eigenvalue weighted by Crippen LogP contribution is -2.27. The van der Waals surface area contributed by atoms with Crippen LogP contribution in [0.15, 0.2) is 4.99 Å². The van der Waals surface area contributed by atoms with E-state index in [1.54, 1.807) is 14.1 Å². The van der Waals surface area contributed by atoms with E-state index < -0.39 is 10.4 Å². The van der Waals surface area contributed by atoms with Crippen molar-refractivity contribution < 1.29 is 17.5 Å². The third kappa shape index (κ3) is 47.3. The second-order valence-corrected chi connectivity index (χ2v) is 2.20. The minimum Gasteiger partial charge on any atom is -0.370 e. The van der Waals surface area contributed by atoms with Crippen LogP contribution in [0.3, 0.4) is 0 Å². The first-order valence-corrected chi connectivity index (χ1v) is 3.80. The van der Waals surface area contributed by atoms with E-state index in [0.29, 0.717) is 5.96 Å². The van der Waals surface area contributed by atoms with Gasteiger partial charge in [-0.1, -0.05) is 0 Å². The summed E-state index contributed by atoms with van der Waals surface area (Å²) in [7, 11) is -1.31. The SMILES string of the molecule is CN=C(N)NC.O=S(=O)(O)O. The van der Waals surface area contributed by atoms with E-state index in [9.17, 15) is 0 Å². The summed E-state index contributed by atoms with van der Waals surface area (Å²) in [6.45, 7) is 0. The van der Waals surface area contributed by atoms with Crippen molar-refractivity contribution >= 4 is 16.4 Å². The third-order valence-electron chi connectivity index (χ3n) is 0.497. The summed E-state index contributed by atoms with van der Waals surface area (Å²) < 4.78 is 31.6. The molecule has 0 atom stereocenters. The van der Waals surface area contributed by atoms with Crippen molar-refractivity contribution in [3.63, 3.8) is 0 Å². The van der Waals surface area contributed by atoms with Crippen molar-refractivity contribution in [1.82, 2.24) is 5.32 Å². The van der Waals surface area contributed by atoms with Gasteiger partial charge in [0.05, 0.1) is 0 Å². The summed E-state index contributed by atoms with van der Waals surface area (Å²) in [5.41, 5.74) is 5.11. The normalized spacial score (nSPS) is 11.5. The zero-order chi connectivity index (χ0) is 9.49. The fourth-order valence-electron chi connectivity index (χ4n) is 0.112. The Morgan fingerprint density at radius 2 is 1.82 bits per heavy atom. The first-order chi connectivity index (χ1) is 4.81. The van der Waals surface area contributed by atoms with Gasteiger partial charge >= 0.3 is 10.4 Å². The molecule has 0 rings (SSSR count). The summed E-state index contributed by atoms with van der Waals surface area (Å²) in [6.07, 6.45) is 0. The van der Waals surface area contributed by atoms with Gasteiger partial charge in [-0.3, -0.25) is 14.1 Å². The maximum atomic E-state index is 8.74. The topological polar surface area (TPSA) is 125 Å². The molecular weight excluding hydrogens is 174 g/mol. The molecule has 0 spiro atoms. The van der Waals surface area contributed by atoms with Crippen LogP contribution < -0.4 is 11.1 Å². The van der Waals surface area contributed by atoms with Crippen molar-refractivity contribution in [3.8, 4) is 0 Å². The molecule has 0 unspecified atom stereocenters. The molecule has 0 bridgehead atoms. The number of nitrogens with zero attached hydrogens (tertiary/aromatic N) is 1. The second kappa shape index (κ2) is 5.89. The van der Waals surface area contributed by atoms with Crippen molar-refractivity contribution in [3.05, 3.63) is 0 Å². The zero-order valence-electron chi connectivity index (χ0n) is 6.14. The van der Waals surface area contributed by atoms with E-state index in [4.69, 9.17) is 23.3 Å². The van der Waals surface area contributed by atoms with Crippen molar-refractivity contribution in [1.29, 1.82) is 0 Å². The molecule has 0 fully saturated rings. The third-order valence-corrected chi connectivity index (χ3v) is 0.497. The van der Waals surface area contributed by atoms with Gasteiger partial charge in [-0.25, -0.2) is 0 Å². The highest BCUT2D eigenvalue weighted by atomic mass is 32.3. The molecule has 7 nitrogen and oxygen atoms in total. The lowest BCUT2D eigenvalue weighted by molar-refractivity contribution is 0.381. The Balaban J connectivity index is 0. The van der Waals surface area contributed by atoms with E-state index in [1.165, 1.54) is 0 Å². The summed E-state index contributed by atoms with van der Waals surface area (Å²) >= 11 is 0. The van der Waals surface area contributed by atoms with Crippen molar-refractivity contribution in [2.75, 3.05) is 14.1 Å². The van der Waals surface area contributed by atoms with Crippen LogP contribution in [0, 0.1) is 0 Å². The molecular formula is C3H11N3O4S. The molecule has 11 heavy (non-hydrogen) atoms. The van der Waals surface area contributed by atoms with Gasteiger partial charge in [0.15, 0.2) is 5.96 Å². The van der Waals surface area contributed by atoms with Gasteiger partial charge in [-0.15, -0.1) is 0 Å². The van der Waals surface area contributed by atoms with Gasteiger partial charge in [0, 0.05) is 14.1 Å². The van der Waals surface area contributed by atoms with E-state index in [-0.39, 0.29) is 0 Å². The quantitative estimate of drug-likeness (QED) is 0.207. The molecule has 0 aromatic rings. The minimum absolute atomic E-state index is 0.468. The maximum absolute atomic E-state index is 8.74.